The summed E-state index contributed by atoms with van der Waals surface area (Å²) in [6.45, 7) is 0. The molecule has 0 spiro atoms. The second-order valence-corrected chi connectivity index (χ2v) is 5.95. The number of amides is 1. The van der Waals surface area contributed by atoms with Crippen LogP contribution in [0.25, 0.3) is 0 Å². The second kappa shape index (κ2) is 6.74. The molecule has 0 saturated heterocycles. The molecule has 6 heteroatoms. The van der Waals surface area contributed by atoms with Crippen molar-refractivity contribution in [1.82, 2.24) is 10.3 Å². The predicted octanol–water partition coefficient (Wildman–Crippen LogP) is 2.18. The molecule has 1 saturated carbocycles. The topological polar surface area (TPSA) is 79.3 Å². The Morgan fingerprint density at radius 3 is 2.70 bits per heavy atom. The summed E-state index contributed by atoms with van der Waals surface area (Å²) in [5.74, 6) is -1.27. The largest absolute Gasteiger partial charge is 0.478 e. The Morgan fingerprint density at radius 1 is 1.35 bits per heavy atom. The SMILES string of the molecule is CSC1CCCCC1NC(=O)c1ccc(C(=O)O)cn1. The van der Waals surface area contributed by atoms with Crippen LogP contribution in [0, 0.1) is 0 Å². The van der Waals surface area contributed by atoms with Crippen molar-refractivity contribution in [2.45, 2.75) is 37.0 Å². The van der Waals surface area contributed by atoms with Crippen LogP contribution in [0.3, 0.4) is 0 Å². The fraction of sp³-hybridized carbons (Fsp3) is 0.500. The highest BCUT2D eigenvalue weighted by Gasteiger charge is 2.26. The molecule has 1 amide bonds. The number of pyridine rings is 1. The third-order valence-electron chi connectivity index (χ3n) is 3.56. The molecule has 0 aliphatic heterocycles. The highest BCUT2D eigenvalue weighted by atomic mass is 32.2. The van der Waals surface area contributed by atoms with Crippen LogP contribution in [0.15, 0.2) is 18.3 Å². The summed E-state index contributed by atoms with van der Waals surface area (Å²) >= 11 is 1.78. The summed E-state index contributed by atoms with van der Waals surface area (Å²) in [5, 5.41) is 12.3. The number of aromatic nitrogens is 1. The van der Waals surface area contributed by atoms with Crippen LogP contribution in [0.4, 0.5) is 0 Å². The normalized spacial score (nSPS) is 22.2. The molecule has 2 N–H and O–H groups in total. The lowest BCUT2D eigenvalue weighted by molar-refractivity contribution is 0.0695. The van der Waals surface area contributed by atoms with Gasteiger partial charge in [0.1, 0.15) is 5.69 Å². The van der Waals surface area contributed by atoms with Crippen LogP contribution < -0.4 is 5.32 Å². The molecule has 1 heterocycles. The van der Waals surface area contributed by atoms with Gasteiger partial charge in [0.15, 0.2) is 0 Å². The molecule has 0 bridgehead atoms. The molecular weight excluding hydrogens is 276 g/mol. The first kappa shape index (κ1) is 14.8. The molecule has 2 rings (SSSR count). The zero-order valence-electron chi connectivity index (χ0n) is 11.3. The van der Waals surface area contributed by atoms with Gasteiger partial charge in [-0.2, -0.15) is 11.8 Å². The molecule has 1 aromatic heterocycles. The molecule has 0 radical (unpaired) electrons. The lowest BCUT2D eigenvalue weighted by Gasteiger charge is -2.30. The lowest BCUT2D eigenvalue weighted by atomic mass is 9.94. The van der Waals surface area contributed by atoms with E-state index < -0.39 is 5.97 Å². The number of carbonyl (C=O) groups excluding carboxylic acids is 1. The van der Waals surface area contributed by atoms with E-state index in [-0.39, 0.29) is 23.2 Å². The second-order valence-electron chi connectivity index (χ2n) is 4.88. The van der Waals surface area contributed by atoms with Crippen molar-refractivity contribution in [1.29, 1.82) is 0 Å². The zero-order chi connectivity index (χ0) is 14.5. The average molecular weight is 294 g/mol. The van der Waals surface area contributed by atoms with E-state index in [1.165, 1.54) is 24.8 Å². The minimum Gasteiger partial charge on any atom is -0.478 e. The Balaban J connectivity index is 2.01. The van der Waals surface area contributed by atoms with Crippen molar-refractivity contribution < 1.29 is 14.7 Å². The number of thioether (sulfide) groups is 1. The first-order valence-electron chi connectivity index (χ1n) is 6.65. The lowest BCUT2D eigenvalue weighted by Crippen LogP contribution is -2.43. The number of carbonyl (C=O) groups is 2. The van der Waals surface area contributed by atoms with Gasteiger partial charge in [0.2, 0.25) is 0 Å². The Labute approximate surface area is 122 Å². The summed E-state index contributed by atoms with van der Waals surface area (Å²) in [7, 11) is 0. The standard InChI is InChI=1S/C14H18N2O3S/c1-20-12-5-3-2-4-10(12)16-13(17)11-7-6-9(8-15-11)14(18)19/h6-8,10,12H,2-5H2,1H3,(H,16,17)(H,18,19). The Kier molecular flexibility index (Phi) is 5.00. The van der Waals surface area contributed by atoms with Crippen molar-refractivity contribution in [2.75, 3.05) is 6.26 Å². The fourth-order valence-corrected chi connectivity index (χ4v) is 3.38. The van der Waals surface area contributed by atoms with Crippen molar-refractivity contribution >= 4 is 23.6 Å². The third kappa shape index (κ3) is 3.50. The summed E-state index contributed by atoms with van der Waals surface area (Å²) in [4.78, 5) is 26.8. The van der Waals surface area contributed by atoms with Crippen molar-refractivity contribution in [3.63, 3.8) is 0 Å². The molecule has 1 aliphatic rings. The molecule has 0 aromatic carbocycles. The highest BCUT2D eigenvalue weighted by molar-refractivity contribution is 7.99. The van der Waals surface area contributed by atoms with E-state index in [1.54, 1.807) is 11.8 Å². The van der Waals surface area contributed by atoms with Gasteiger partial charge in [-0.15, -0.1) is 0 Å². The van der Waals surface area contributed by atoms with Crippen LogP contribution in [-0.4, -0.2) is 39.5 Å². The number of aromatic carboxylic acids is 1. The van der Waals surface area contributed by atoms with Crippen molar-refractivity contribution in [2.24, 2.45) is 0 Å². The van der Waals surface area contributed by atoms with E-state index in [1.807, 2.05) is 0 Å². The van der Waals surface area contributed by atoms with Crippen LogP contribution in [0.2, 0.25) is 0 Å². The van der Waals surface area contributed by atoms with E-state index in [0.29, 0.717) is 5.25 Å². The minimum absolute atomic E-state index is 0.0845. The number of nitrogens with one attached hydrogen (secondary N) is 1. The molecule has 1 aliphatic carbocycles. The summed E-state index contributed by atoms with van der Waals surface area (Å²) < 4.78 is 0. The van der Waals surface area contributed by atoms with E-state index in [9.17, 15) is 9.59 Å². The number of nitrogens with zero attached hydrogens (tertiary/aromatic N) is 1. The maximum Gasteiger partial charge on any atom is 0.337 e. The van der Waals surface area contributed by atoms with Gasteiger partial charge < -0.3 is 10.4 Å². The van der Waals surface area contributed by atoms with Crippen LogP contribution in [0.5, 0.6) is 0 Å². The molecular formula is C14H18N2O3S. The number of hydrogen-bond donors (Lipinski definition) is 2. The monoisotopic (exact) mass is 294 g/mol. The van der Waals surface area contributed by atoms with Crippen LogP contribution in [0.1, 0.15) is 46.5 Å². The van der Waals surface area contributed by atoms with Gasteiger partial charge in [-0.05, 0) is 31.2 Å². The number of carboxylic acid groups (broad SMARTS) is 1. The maximum atomic E-state index is 12.1. The summed E-state index contributed by atoms with van der Waals surface area (Å²) in [6.07, 6.45) is 7.73. The number of hydrogen-bond acceptors (Lipinski definition) is 4. The molecule has 2 atom stereocenters. The van der Waals surface area contributed by atoms with Gasteiger partial charge >= 0.3 is 5.97 Å². The predicted molar refractivity (Wildman–Crippen MR) is 78.2 cm³/mol. The molecule has 5 nitrogen and oxygen atoms in total. The van der Waals surface area contributed by atoms with Gasteiger partial charge in [-0.3, -0.25) is 9.78 Å². The molecule has 108 valence electrons. The quantitative estimate of drug-likeness (QED) is 0.890. The molecule has 1 fully saturated rings. The Hall–Kier alpha value is -1.56. The van der Waals surface area contributed by atoms with E-state index in [2.05, 4.69) is 16.6 Å². The zero-order valence-corrected chi connectivity index (χ0v) is 12.2. The molecule has 20 heavy (non-hydrogen) atoms. The molecule has 2 unspecified atom stereocenters. The van der Waals surface area contributed by atoms with E-state index in [0.717, 1.165) is 19.3 Å². The smallest absolute Gasteiger partial charge is 0.337 e. The first-order chi connectivity index (χ1) is 9.61. The highest BCUT2D eigenvalue weighted by Crippen LogP contribution is 2.27. The minimum atomic E-state index is -1.04. The van der Waals surface area contributed by atoms with Gasteiger partial charge in [0.25, 0.3) is 5.91 Å². The maximum absolute atomic E-state index is 12.1. The summed E-state index contributed by atoms with van der Waals surface area (Å²) in [5.41, 5.74) is 0.349. The third-order valence-corrected chi connectivity index (χ3v) is 4.73. The number of carboxylic acids is 1. The van der Waals surface area contributed by atoms with Crippen LogP contribution >= 0.6 is 11.8 Å². The van der Waals surface area contributed by atoms with E-state index in [4.69, 9.17) is 5.11 Å². The number of rotatable bonds is 4. The van der Waals surface area contributed by atoms with E-state index >= 15 is 0 Å². The Bertz CT molecular complexity index is 490. The molecule has 1 aromatic rings. The van der Waals surface area contributed by atoms with Gasteiger partial charge in [0.05, 0.1) is 5.56 Å². The van der Waals surface area contributed by atoms with Gasteiger partial charge in [-0.1, -0.05) is 12.8 Å². The van der Waals surface area contributed by atoms with Crippen molar-refractivity contribution in [3.8, 4) is 0 Å². The summed E-state index contributed by atoms with van der Waals surface area (Å²) in [6, 6.07) is 3.03. The van der Waals surface area contributed by atoms with Gasteiger partial charge in [-0.25, -0.2) is 4.79 Å². The van der Waals surface area contributed by atoms with Crippen molar-refractivity contribution in [3.05, 3.63) is 29.6 Å². The first-order valence-corrected chi connectivity index (χ1v) is 7.93. The van der Waals surface area contributed by atoms with Crippen LogP contribution in [-0.2, 0) is 0 Å². The average Bonchev–Trinajstić information content (AvgIpc) is 2.48. The Morgan fingerprint density at radius 2 is 2.10 bits per heavy atom. The fourth-order valence-electron chi connectivity index (χ4n) is 2.44. The van der Waals surface area contributed by atoms with Gasteiger partial charge in [0, 0.05) is 17.5 Å².